The van der Waals surface area contributed by atoms with Crippen LogP contribution in [0.15, 0.2) is 28.2 Å². The van der Waals surface area contributed by atoms with E-state index in [4.69, 9.17) is 0 Å². The number of halogens is 3. The van der Waals surface area contributed by atoms with Gasteiger partial charge in [-0.1, -0.05) is 0 Å². The molecule has 0 unspecified atom stereocenters. The number of carbonyl (C=O) groups excluding carboxylic acids is 1. The molecule has 1 amide bonds. The van der Waals surface area contributed by atoms with Crippen molar-refractivity contribution in [3.05, 3.63) is 50.7 Å². The molecule has 1 N–H and O–H groups in total. The van der Waals surface area contributed by atoms with Crippen LogP contribution in [0.25, 0.3) is 0 Å². The van der Waals surface area contributed by atoms with Crippen LogP contribution in [0.2, 0.25) is 0 Å². The van der Waals surface area contributed by atoms with Gasteiger partial charge in [-0.05, 0) is 25.7 Å². The minimum Gasteiger partial charge on any atom is -0.350 e. The lowest BCUT2D eigenvalue weighted by Gasteiger charge is -2.39. The molecule has 1 saturated heterocycles. The number of alkyl halides is 3. The van der Waals surface area contributed by atoms with Crippen molar-refractivity contribution in [1.82, 2.24) is 24.4 Å². The Labute approximate surface area is 174 Å². The smallest absolute Gasteiger partial charge is 0.350 e. The molecule has 2 aromatic heterocycles. The number of rotatable bonds is 4. The summed E-state index contributed by atoms with van der Waals surface area (Å²) < 4.78 is 40.1. The first kappa shape index (κ1) is 21.1. The fourth-order valence-corrected chi connectivity index (χ4v) is 3.90. The number of likely N-dealkylation sites (tertiary alicyclic amines) is 1. The lowest BCUT2D eigenvalue weighted by Crippen LogP contribution is -2.49. The van der Waals surface area contributed by atoms with Crippen LogP contribution in [0.4, 0.5) is 19.0 Å². The number of carbonyl (C=O) groups is 1. The Balaban J connectivity index is 1.50. The Hall–Kier alpha value is -3.18. The summed E-state index contributed by atoms with van der Waals surface area (Å²) in [6.07, 6.45) is 0.295. The van der Waals surface area contributed by atoms with Gasteiger partial charge in [0.25, 0.3) is 11.5 Å². The van der Waals surface area contributed by atoms with Gasteiger partial charge in [0, 0.05) is 44.5 Å². The number of hydrogen-bond donors (Lipinski definition) is 1. The Kier molecular flexibility index (Phi) is 5.31. The molecular formula is C19H21F3N6O3. The Bertz CT molecular complexity index is 1100. The van der Waals surface area contributed by atoms with E-state index in [1.165, 1.54) is 11.9 Å². The van der Waals surface area contributed by atoms with Crippen molar-refractivity contribution >= 4 is 11.7 Å². The quantitative estimate of drug-likeness (QED) is 0.768. The summed E-state index contributed by atoms with van der Waals surface area (Å²) in [6.45, 7) is 0.679. The number of aromatic nitrogens is 4. The minimum absolute atomic E-state index is 0.0778. The molecule has 0 atom stereocenters. The first-order chi connectivity index (χ1) is 14.7. The molecule has 9 nitrogen and oxygen atoms in total. The van der Waals surface area contributed by atoms with Crippen LogP contribution in [0.5, 0.6) is 0 Å². The highest BCUT2D eigenvalue weighted by atomic mass is 19.4. The van der Waals surface area contributed by atoms with Crippen LogP contribution in [0, 0.1) is 0 Å². The standard InChI is InChI=1S/C19H21F3N6O3/c1-26-16(29)13(9-23-18(26)31)17(30)27-6-4-12(5-7-27)28(11-2-3-11)15-8-14(19(20,21)22)24-10-25-15/h8-12H,2-7H2,1H3,(H,23,31). The lowest BCUT2D eigenvalue weighted by molar-refractivity contribution is -0.141. The highest BCUT2D eigenvalue weighted by Gasteiger charge is 2.39. The van der Waals surface area contributed by atoms with E-state index in [1.54, 1.807) is 0 Å². The van der Waals surface area contributed by atoms with E-state index in [1.807, 2.05) is 4.90 Å². The second-order valence-corrected chi connectivity index (χ2v) is 7.79. The normalized spacial score (nSPS) is 17.6. The van der Waals surface area contributed by atoms with Crippen molar-refractivity contribution in [2.45, 2.75) is 43.9 Å². The number of nitrogens with zero attached hydrogens (tertiary/aromatic N) is 5. The molecule has 2 aliphatic rings. The van der Waals surface area contributed by atoms with E-state index in [2.05, 4.69) is 15.0 Å². The lowest BCUT2D eigenvalue weighted by atomic mass is 10.0. The number of anilines is 1. The van der Waals surface area contributed by atoms with Crippen molar-refractivity contribution in [2.24, 2.45) is 7.05 Å². The predicted molar refractivity (Wildman–Crippen MR) is 104 cm³/mol. The van der Waals surface area contributed by atoms with Gasteiger partial charge >= 0.3 is 11.9 Å². The van der Waals surface area contributed by atoms with Gasteiger partial charge in [-0.15, -0.1) is 0 Å². The molecule has 2 fully saturated rings. The van der Waals surface area contributed by atoms with Gasteiger partial charge in [-0.25, -0.2) is 14.8 Å². The maximum absolute atomic E-state index is 13.1. The van der Waals surface area contributed by atoms with Crippen LogP contribution in [-0.2, 0) is 13.2 Å². The van der Waals surface area contributed by atoms with Crippen molar-refractivity contribution < 1.29 is 18.0 Å². The van der Waals surface area contributed by atoms with Crippen LogP contribution in [-0.4, -0.2) is 55.5 Å². The zero-order valence-electron chi connectivity index (χ0n) is 16.7. The maximum atomic E-state index is 13.1. The molecule has 166 valence electrons. The number of amides is 1. The molecule has 31 heavy (non-hydrogen) atoms. The third kappa shape index (κ3) is 4.19. The SMILES string of the molecule is Cn1c(=O)[nH]cc(C(=O)N2CCC(N(c3cc(C(F)(F)F)ncn3)C3CC3)CC2)c1=O. The van der Waals surface area contributed by atoms with Crippen molar-refractivity contribution in [3.8, 4) is 0 Å². The van der Waals surface area contributed by atoms with Gasteiger partial charge < -0.3 is 14.8 Å². The van der Waals surface area contributed by atoms with E-state index in [-0.39, 0.29) is 23.5 Å². The summed E-state index contributed by atoms with van der Waals surface area (Å²) in [5.74, 6) is -0.237. The zero-order valence-corrected chi connectivity index (χ0v) is 16.7. The fraction of sp³-hybridized carbons (Fsp3) is 0.526. The van der Waals surface area contributed by atoms with E-state index in [0.717, 1.165) is 36.0 Å². The zero-order chi connectivity index (χ0) is 22.3. The topological polar surface area (TPSA) is 104 Å². The molecule has 1 aliphatic carbocycles. The number of nitrogens with one attached hydrogen (secondary N) is 1. The van der Waals surface area contributed by atoms with Crippen LogP contribution < -0.4 is 16.1 Å². The van der Waals surface area contributed by atoms with E-state index in [9.17, 15) is 27.6 Å². The second-order valence-electron chi connectivity index (χ2n) is 7.79. The third-order valence-corrected chi connectivity index (χ3v) is 5.70. The number of aromatic amines is 1. The van der Waals surface area contributed by atoms with Gasteiger partial charge in [-0.2, -0.15) is 13.2 Å². The molecule has 12 heteroatoms. The van der Waals surface area contributed by atoms with Crippen LogP contribution in [0.1, 0.15) is 41.7 Å². The molecule has 2 aromatic rings. The summed E-state index contributed by atoms with van der Waals surface area (Å²) in [5.41, 5.74) is -2.38. The molecule has 1 saturated carbocycles. The summed E-state index contributed by atoms with van der Waals surface area (Å²) >= 11 is 0. The average Bonchev–Trinajstić information content (AvgIpc) is 3.57. The van der Waals surface area contributed by atoms with Crippen LogP contribution >= 0.6 is 0 Å². The highest BCUT2D eigenvalue weighted by Crippen LogP contribution is 2.37. The fourth-order valence-electron chi connectivity index (χ4n) is 3.90. The number of H-pyrrole nitrogens is 1. The third-order valence-electron chi connectivity index (χ3n) is 5.70. The first-order valence-corrected chi connectivity index (χ1v) is 9.92. The molecule has 4 rings (SSSR count). The van der Waals surface area contributed by atoms with Crippen molar-refractivity contribution in [1.29, 1.82) is 0 Å². The van der Waals surface area contributed by atoms with E-state index in [0.29, 0.717) is 25.9 Å². The molecular weight excluding hydrogens is 417 g/mol. The summed E-state index contributed by atoms with van der Waals surface area (Å²) in [6, 6.07) is 1.01. The molecule has 0 radical (unpaired) electrons. The highest BCUT2D eigenvalue weighted by molar-refractivity contribution is 5.93. The molecule has 0 aromatic carbocycles. The summed E-state index contributed by atoms with van der Waals surface area (Å²) in [4.78, 5) is 49.7. The predicted octanol–water partition coefficient (Wildman–Crippen LogP) is 1.16. The van der Waals surface area contributed by atoms with Crippen LogP contribution in [0.3, 0.4) is 0 Å². The molecule has 1 aliphatic heterocycles. The largest absolute Gasteiger partial charge is 0.433 e. The second kappa shape index (κ2) is 7.82. The van der Waals surface area contributed by atoms with Gasteiger partial charge in [0.1, 0.15) is 23.4 Å². The van der Waals surface area contributed by atoms with Gasteiger partial charge in [0.2, 0.25) is 0 Å². The van der Waals surface area contributed by atoms with Crippen molar-refractivity contribution in [3.63, 3.8) is 0 Å². The van der Waals surface area contributed by atoms with Gasteiger partial charge in [0.15, 0.2) is 0 Å². The summed E-state index contributed by atoms with van der Waals surface area (Å²) in [7, 11) is 1.29. The van der Waals surface area contributed by atoms with Crippen molar-refractivity contribution in [2.75, 3.05) is 18.0 Å². The number of hydrogen-bond acceptors (Lipinski definition) is 6. The Morgan fingerprint density at radius 2 is 1.77 bits per heavy atom. The summed E-state index contributed by atoms with van der Waals surface area (Å²) in [5, 5.41) is 0. The average molecular weight is 438 g/mol. The molecule has 0 spiro atoms. The van der Waals surface area contributed by atoms with Gasteiger partial charge in [0.05, 0.1) is 0 Å². The van der Waals surface area contributed by atoms with E-state index >= 15 is 0 Å². The van der Waals surface area contributed by atoms with E-state index < -0.39 is 29.0 Å². The Morgan fingerprint density at radius 1 is 1.13 bits per heavy atom. The molecule has 3 heterocycles. The maximum Gasteiger partial charge on any atom is 0.433 e. The molecule has 0 bridgehead atoms. The monoisotopic (exact) mass is 438 g/mol. The number of piperidine rings is 1. The minimum atomic E-state index is -4.55. The first-order valence-electron chi connectivity index (χ1n) is 9.92. The Morgan fingerprint density at radius 3 is 2.39 bits per heavy atom. The van der Waals surface area contributed by atoms with Gasteiger partial charge in [-0.3, -0.25) is 14.2 Å².